The molecule has 3 aliphatic carbocycles. The highest BCUT2D eigenvalue weighted by Crippen LogP contribution is 2.88. The van der Waals surface area contributed by atoms with Crippen LogP contribution < -0.4 is 16.8 Å². The molecule has 1 saturated heterocycles. The molecular weight excluding hydrogens is 632 g/mol. The van der Waals surface area contributed by atoms with Crippen LogP contribution in [0.25, 0.3) is 0 Å². The Bertz CT molecular complexity index is 1370. The lowest BCUT2D eigenvalue weighted by atomic mass is 9.73. The molecule has 10 heteroatoms. The van der Waals surface area contributed by atoms with Crippen LogP contribution >= 0.6 is 0 Å². The van der Waals surface area contributed by atoms with Crippen molar-refractivity contribution in [2.45, 2.75) is 151 Å². The average molecular weight is 699 g/mol. The SMILES string of the molecule is CC(C)(N)C(=O)NC[C@@H](CC(=O)C[C@H](C(=O)N1C[C@]2(C[C@H]1C(=O)CC(CC1CCC1)C(=O)C(N)=O)C(C)(C)C21CCC1)C(C)(C)C)C(C)(C)C. The molecule has 3 amide bonds. The molecule has 0 bridgehead atoms. The van der Waals surface area contributed by atoms with Crippen LogP contribution in [0.2, 0.25) is 0 Å². The number of ketones is 3. The van der Waals surface area contributed by atoms with Gasteiger partial charge in [0.25, 0.3) is 5.91 Å². The van der Waals surface area contributed by atoms with E-state index in [1.807, 2.05) is 41.5 Å². The molecule has 4 rings (SSSR count). The Morgan fingerprint density at radius 1 is 0.840 bits per heavy atom. The van der Waals surface area contributed by atoms with Crippen molar-refractivity contribution in [1.29, 1.82) is 0 Å². The van der Waals surface area contributed by atoms with E-state index in [9.17, 15) is 28.8 Å². The number of primary amides is 1. The van der Waals surface area contributed by atoms with Crippen LogP contribution in [-0.4, -0.2) is 64.6 Å². The number of carbonyl (C=O) groups is 6. The van der Waals surface area contributed by atoms with Gasteiger partial charge in [-0.2, -0.15) is 0 Å². The molecule has 10 nitrogen and oxygen atoms in total. The lowest BCUT2D eigenvalue weighted by Crippen LogP contribution is -2.51. The van der Waals surface area contributed by atoms with Crippen LogP contribution in [0.15, 0.2) is 0 Å². The fourth-order valence-corrected chi connectivity index (χ4v) is 9.79. The van der Waals surface area contributed by atoms with Crippen LogP contribution in [0.4, 0.5) is 0 Å². The highest BCUT2D eigenvalue weighted by Gasteiger charge is 2.85. The molecule has 2 spiro atoms. The van der Waals surface area contributed by atoms with Gasteiger partial charge < -0.3 is 21.7 Å². The van der Waals surface area contributed by atoms with Gasteiger partial charge in [0, 0.05) is 49.6 Å². The Labute approximate surface area is 300 Å². The predicted molar refractivity (Wildman–Crippen MR) is 193 cm³/mol. The number of nitrogens with zero attached hydrogens (tertiary/aromatic N) is 1. The Kier molecular flexibility index (Phi) is 11.0. The van der Waals surface area contributed by atoms with E-state index in [0.717, 1.165) is 38.5 Å². The number of carbonyl (C=O) groups excluding carboxylic acids is 6. The summed E-state index contributed by atoms with van der Waals surface area (Å²) in [6, 6.07) is -0.719. The van der Waals surface area contributed by atoms with Crippen molar-refractivity contribution in [1.82, 2.24) is 10.2 Å². The minimum absolute atomic E-state index is 0.0225. The molecule has 1 unspecified atom stereocenters. The topological polar surface area (TPSA) is 170 Å². The number of hydrogen-bond acceptors (Lipinski definition) is 7. The maximum Gasteiger partial charge on any atom is 0.285 e. The van der Waals surface area contributed by atoms with Gasteiger partial charge in [0.05, 0.1) is 11.6 Å². The molecule has 50 heavy (non-hydrogen) atoms. The van der Waals surface area contributed by atoms with Crippen LogP contribution in [0.1, 0.15) is 140 Å². The Morgan fingerprint density at radius 3 is 1.86 bits per heavy atom. The fraction of sp³-hybridized carbons (Fsp3) is 0.850. The summed E-state index contributed by atoms with van der Waals surface area (Å²) in [6.45, 7) is 20.5. The summed E-state index contributed by atoms with van der Waals surface area (Å²) in [4.78, 5) is 82.4. The Hall–Kier alpha value is -2.62. The molecular formula is C40H66N4O6. The van der Waals surface area contributed by atoms with Crippen molar-refractivity contribution in [2.75, 3.05) is 13.1 Å². The summed E-state index contributed by atoms with van der Waals surface area (Å²) < 4.78 is 0. The summed E-state index contributed by atoms with van der Waals surface area (Å²) in [5.41, 5.74) is 9.35. The van der Waals surface area contributed by atoms with E-state index in [4.69, 9.17) is 11.5 Å². The highest BCUT2D eigenvalue weighted by molar-refractivity contribution is 6.36. The molecule has 4 aliphatic rings. The molecule has 0 aromatic carbocycles. The zero-order chi connectivity index (χ0) is 37.8. The van der Waals surface area contributed by atoms with Gasteiger partial charge in [-0.3, -0.25) is 28.8 Å². The maximum atomic E-state index is 14.9. The molecule has 0 radical (unpaired) electrons. The number of nitrogens with two attached hydrogens (primary N) is 2. The molecule has 3 saturated carbocycles. The molecule has 5 N–H and O–H groups in total. The highest BCUT2D eigenvalue weighted by atomic mass is 16.2. The van der Waals surface area contributed by atoms with Gasteiger partial charge in [0.2, 0.25) is 17.6 Å². The van der Waals surface area contributed by atoms with Gasteiger partial charge in [-0.05, 0) is 73.0 Å². The Morgan fingerprint density at radius 2 is 1.44 bits per heavy atom. The van der Waals surface area contributed by atoms with Crippen LogP contribution in [-0.2, 0) is 28.8 Å². The van der Waals surface area contributed by atoms with E-state index in [0.29, 0.717) is 25.3 Å². The number of likely N-dealkylation sites (tertiary alicyclic amines) is 1. The predicted octanol–water partition coefficient (Wildman–Crippen LogP) is 5.13. The van der Waals surface area contributed by atoms with Crippen LogP contribution in [0.3, 0.4) is 0 Å². The largest absolute Gasteiger partial charge is 0.363 e. The standard InChI is InChI=1S/C40H66N4O6/c1-35(2,3)26(22-43-34(50)37(7,8)42)19-27(45)20-28(36(4,5)6)33(49)44-23-40(38(9,10)39(40)15-12-16-39)21-29(44)30(46)18-25(31(47)32(41)48)17-24-13-11-14-24/h24-26,28-29H,11-23,42H2,1-10H3,(H2,41,48)(H,43,50)/t25?,26-,28-,29+,40-/m1/s1. The monoisotopic (exact) mass is 698 g/mol. The smallest absolute Gasteiger partial charge is 0.285 e. The van der Waals surface area contributed by atoms with E-state index in [1.165, 1.54) is 0 Å². The van der Waals surface area contributed by atoms with Crippen molar-refractivity contribution in [3.63, 3.8) is 0 Å². The van der Waals surface area contributed by atoms with Crippen LogP contribution in [0.5, 0.6) is 0 Å². The second kappa shape index (κ2) is 13.7. The van der Waals surface area contributed by atoms with Gasteiger partial charge in [-0.1, -0.05) is 81.1 Å². The Balaban J connectivity index is 1.59. The van der Waals surface area contributed by atoms with Crippen molar-refractivity contribution < 1.29 is 28.8 Å². The number of fused-ring (bicyclic) bond motifs is 1. The summed E-state index contributed by atoms with van der Waals surface area (Å²) in [7, 11) is 0. The van der Waals surface area contributed by atoms with Gasteiger partial charge in [0.1, 0.15) is 5.78 Å². The summed E-state index contributed by atoms with van der Waals surface area (Å²) in [5.74, 6) is -3.77. The maximum absolute atomic E-state index is 14.9. The van der Waals surface area contributed by atoms with Gasteiger partial charge in [-0.25, -0.2) is 0 Å². The number of nitrogens with one attached hydrogen (secondary N) is 1. The normalized spacial score (nSPS) is 26.1. The first-order chi connectivity index (χ1) is 22.8. The fourth-order valence-electron chi connectivity index (χ4n) is 9.79. The first-order valence-electron chi connectivity index (χ1n) is 19.0. The number of hydrogen-bond donors (Lipinski definition) is 3. The van der Waals surface area contributed by atoms with Gasteiger partial charge >= 0.3 is 0 Å². The molecule has 5 atom stereocenters. The average Bonchev–Trinajstić information content (AvgIpc) is 3.16. The third-order valence-electron chi connectivity index (χ3n) is 13.9. The second-order valence-electron chi connectivity index (χ2n) is 19.8. The third-order valence-corrected chi connectivity index (χ3v) is 13.9. The molecule has 1 aliphatic heterocycles. The van der Waals surface area contributed by atoms with Crippen molar-refractivity contribution in [3.8, 4) is 0 Å². The minimum atomic E-state index is -1.05. The number of Topliss-reactive ketones (excluding diaryl/α,β-unsaturated/α-hetero) is 3. The van der Waals surface area contributed by atoms with E-state index >= 15 is 0 Å². The van der Waals surface area contributed by atoms with Crippen LogP contribution in [0, 0.1) is 50.7 Å². The zero-order valence-corrected chi connectivity index (χ0v) is 32.6. The molecule has 282 valence electrons. The first-order valence-corrected chi connectivity index (χ1v) is 19.0. The zero-order valence-electron chi connectivity index (χ0n) is 32.6. The summed E-state index contributed by atoms with van der Waals surface area (Å²) in [6.07, 6.45) is 7.40. The third kappa shape index (κ3) is 7.47. The minimum Gasteiger partial charge on any atom is -0.363 e. The van der Waals surface area contributed by atoms with E-state index < -0.39 is 40.5 Å². The lowest BCUT2D eigenvalue weighted by Gasteiger charge is -2.36. The summed E-state index contributed by atoms with van der Waals surface area (Å²) >= 11 is 0. The molecule has 1 heterocycles. The number of amides is 3. The van der Waals surface area contributed by atoms with Crippen molar-refractivity contribution in [3.05, 3.63) is 0 Å². The van der Waals surface area contributed by atoms with Crippen molar-refractivity contribution >= 4 is 35.1 Å². The van der Waals surface area contributed by atoms with E-state index in [2.05, 4.69) is 19.2 Å². The molecule has 0 aromatic heterocycles. The number of rotatable bonds is 15. The van der Waals surface area contributed by atoms with E-state index in [1.54, 1.807) is 18.7 Å². The van der Waals surface area contributed by atoms with Gasteiger partial charge in [-0.15, -0.1) is 0 Å². The van der Waals surface area contributed by atoms with Gasteiger partial charge in [0.15, 0.2) is 5.78 Å². The van der Waals surface area contributed by atoms with Crippen molar-refractivity contribution in [2.24, 2.45) is 62.2 Å². The second-order valence-corrected chi connectivity index (χ2v) is 19.8. The molecule has 4 fully saturated rings. The quantitative estimate of drug-likeness (QED) is 0.199. The summed E-state index contributed by atoms with van der Waals surface area (Å²) in [5, 5.41) is 2.91. The molecule has 0 aromatic rings. The lowest BCUT2D eigenvalue weighted by molar-refractivity contribution is -0.147. The first kappa shape index (κ1) is 40.2. The van der Waals surface area contributed by atoms with E-state index in [-0.39, 0.29) is 76.8 Å².